The molecule has 2 heteroatoms. The Morgan fingerprint density at radius 3 is 0.800 bits per heavy atom. The van der Waals surface area contributed by atoms with Crippen molar-refractivity contribution in [1.82, 2.24) is 0 Å². The van der Waals surface area contributed by atoms with Crippen LogP contribution < -0.4 is 5.43 Å². The highest BCUT2D eigenvalue weighted by atomic mass is 32.1. The fourth-order valence-electron chi connectivity index (χ4n) is 7.03. The van der Waals surface area contributed by atoms with Crippen LogP contribution in [0.2, 0.25) is 0 Å². The zero-order valence-corrected chi connectivity index (χ0v) is 25.1. The Balaban J connectivity index is 0.000000114. The minimum atomic E-state index is 0.139. The summed E-state index contributed by atoms with van der Waals surface area (Å²) < 4.78 is 2.11. The Kier molecular flexibility index (Phi) is 5.90. The fourth-order valence-corrected chi connectivity index (χ4v) is 8.10. The molecule has 0 saturated carbocycles. The summed E-state index contributed by atoms with van der Waals surface area (Å²) in [4.78, 5) is 12.1. The van der Waals surface area contributed by atoms with Crippen LogP contribution in [0, 0.1) is 0 Å². The maximum absolute atomic E-state index is 12.1. The largest absolute Gasteiger partial charge is 0.289 e. The molecule has 0 saturated heterocycles. The smallest absolute Gasteiger partial charge is 0.195 e. The van der Waals surface area contributed by atoms with Crippen LogP contribution in [0.3, 0.4) is 0 Å². The summed E-state index contributed by atoms with van der Waals surface area (Å²) in [5.74, 6) is 0. The first kappa shape index (κ1) is 25.9. The van der Waals surface area contributed by atoms with Crippen LogP contribution in [0.1, 0.15) is 0 Å². The molecule has 0 spiro atoms. The van der Waals surface area contributed by atoms with Crippen molar-refractivity contribution in [2.24, 2.45) is 0 Å². The van der Waals surface area contributed by atoms with Crippen LogP contribution in [0.5, 0.6) is 0 Å². The van der Waals surface area contributed by atoms with E-state index < -0.39 is 0 Å². The van der Waals surface area contributed by atoms with Gasteiger partial charge in [-0.05, 0) is 88.9 Å². The molecule has 0 aliphatic heterocycles. The van der Waals surface area contributed by atoms with E-state index in [2.05, 4.69) is 72.8 Å². The lowest BCUT2D eigenvalue weighted by atomic mass is 9.83. The van der Waals surface area contributed by atoms with E-state index >= 15 is 0 Å². The standard InChI is InChI=1S/C24H12.C13H8OS.C6H6/c1-2-14-5-6-16-9-11-18-12-10-17-8-7-15-4-3-13(1)19-20(14)22(16)24(18)23(17)21(15)19;14-13-9-5-1-3-7-11(9)15-12-8-4-2-6-10(12)13;1-2-4-6-5-3-1/h1-12H;1-8H;1-6H. The van der Waals surface area contributed by atoms with Crippen molar-refractivity contribution < 1.29 is 0 Å². The van der Waals surface area contributed by atoms with Gasteiger partial charge in [0.15, 0.2) is 5.43 Å². The van der Waals surface area contributed by atoms with Gasteiger partial charge in [0.2, 0.25) is 0 Å². The van der Waals surface area contributed by atoms with E-state index in [1.165, 1.54) is 64.6 Å². The van der Waals surface area contributed by atoms with Crippen molar-refractivity contribution in [2.75, 3.05) is 0 Å². The third-order valence-electron chi connectivity index (χ3n) is 9.04. The third-order valence-corrected chi connectivity index (χ3v) is 10.2. The molecule has 11 aromatic rings. The monoisotopic (exact) mass is 590 g/mol. The molecule has 0 radical (unpaired) electrons. The summed E-state index contributed by atoms with van der Waals surface area (Å²) in [5, 5.41) is 18.4. The van der Waals surface area contributed by atoms with Gasteiger partial charge in [-0.15, -0.1) is 11.3 Å². The lowest BCUT2D eigenvalue weighted by Gasteiger charge is -2.20. The highest BCUT2D eigenvalue weighted by Gasteiger charge is 2.19. The Bertz CT molecular complexity index is 2350. The molecule has 0 atom stereocenters. The maximum Gasteiger partial charge on any atom is 0.195 e. The first-order chi connectivity index (χ1) is 22.3. The van der Waals surface area contributed by atoms with E-state index in [1.807, 2.05) is 84.9 Å². The summed E-state index contributed by atoms with van der Waals surface area (Å²) in [5.41, 5.74) is 0.139. The number of rotatable bonds is 0. The predicted molar refractivity (Wildman–Crippen MR) is 197 cm³/mol. The Morgan fingerprint density at radius 1 is 0.289 bits per heavy atom. The molecule has 0 N–H and O–H groups in total. The van der Waals surface area contributed by atoms with Crippen molar-refractivity contribution in [3.63, 3.8) is 0 Å². The van der Waals surface area contributed by atoms with Crippen LogP contribution in [0.15, 0.2) is 163 Å². The molecule has 45 heavy (non-hydrogen) atoms. The second-order valence-electron chi connectivity index (χ2n) is 11.6. The highest BCUT2D eigenvalue weighted by molar-refractivity contribution is 7.24. The topological polar surface area (TPSA) is 17.1 Å². The van der Waals surface area contributed by atoms with Crippen molar-refractivity contribution in [3.8, 4) is 0 Å². The van der Waals surface area contributed by atoms with Gasteiger partial charge in [-0.2, -0.15) is 0 Å². The molecule has 0 bridgehead atoms. The van der Waals surface area contributed by atoms with Crippen LogP contribution in [0.4, 0.5) is 0 Å². The zero-order valence-electron chi connectivity index (χ0n) is 24.3. The molecule has 1 heterocycles. The van der Waals surface area contributed by atoms with E-state index in [0.717, 1.165) is 20.2 Å². The van der Waals surface area contributed by atoms with Gasteiger partial charge in [0.25, 0.3) is 0 Å². The van der Waals surface area contributed by atoms with E-state index in [-0.39, 0.29) is 5.43 Å². The highest BCUT2D eigenvalue weighted by Crippen LogP contribution is 2.47. The molecular formula is C43H26OS. The van der Waals surface area contributed by atoms with Gasteiger partial charge in [-0.25, -0.2) is 0 Å². The molecule has 0 aliphatic rings. The minimum absolute atomic E-state index is 0.139. The van der Waals surface area contributed by atoms with Crippen molar-refractivity contribution in [2.45, 2.75) is 0 Å². The Hall–Kier alpha value is -5.57. The second-order valence-corrected chi connectivity index (χ2v) is 12.6. The van der Waals surface area contributed by atoms with Gasteiger partial charge in [-0.1, -0.05) is 133 Å². The van der Waals surface area contributed by atoms with Crippen LogP contribution in [-0.4, -0.2) is 0 Å². The van der Waals surface area contributed by atoms with Gasteiger partial charge < -0.3 is 0 Å². The predicted octanol–water partition coefficient (Wildman–Crippen LogP) is 12.0. The van der Waals surface area contributed by atoms with Crippen molar-refractivity contribution in [3.05, 3.63) is 168 Å². The van der Waals surface area contributed by atoms with Crippen LogP contribution >= 0.6 is 11.3 Å². The molecule has 0 aliphatic carbocycles. The van der Waals surface area contributed by atoms with Crippen molar-refractivity contribution >= 4 is 96.1 Å². The zero-order chi connectivity index (χ0) is 29.9. The van der Waals surface area contributed by atoms with Crippen LogP contribution in [-0.2, 0) is 0 Å². The SMILES string of the molecule is O=c1c2ccccc2sc2ccccc12.c1cc2ccc3ccc4ccc5ccc6ccc1c1c2c3c4c5c61.c1ccccc1. The molecular weight excluding hydrogens is 565 g/mol. The van der Waals surface area contributed by atoms with Crippen LogP contribution in [0.25, 0.3) is 84.8 Å². The normalized spacial score (nSPS) is 11.6. The van der Waals surface area contributed by atoms with Gasteiger partial charge in [0.1, 0.15) is 0 Å². The average molecular weight is 591 g/mol. The molecule has 10 aromatic carbocycles. The Labute approximate surface area is 263 Å². The Morgan fingerprint density at radius 2 is 0.533 bits per heavy atom. The van der Waals surface area contributed by atoms with E-state index in [9.17, 15) is 4.79 Å². The minimum Gasteiger partial charge on any atom is -0.289 e. The average Bonchev–Trinajstić information content (AvgIpc) is 3.12. The quantitative estimate of drug-likeness (QED) is 0.127. The first-order valence-electron chi connectivity index (χ1n) is 15.2. The fraction of sp³-hybridized carbons (Fsp3) is 0. The summed E-state index contributed by atoms with van der Waals surface area (Å²) in [7, 11) is 0. The van der Waals surface area contributed by atoms with Gasteiger partial charge in [0.05, 0.1) is 0 Å². The molecule has 0 amide bonds. The number of hydrogen-bond acceptors (Lipinski definition) is 2. The van der Waals surface area contributed by atoms with Crippen molar-refractivity contribution in [1.29, 1.82) is 0 Å². The maximum atomic E-state index is 12.1. The molecule has 0 unspecified atom stereocenters. The molecule has 210 valence electrons. The first-order valence-corrected chi connectivity index (χ1v) is 16.0. The van der Waals surface area contributed by atoms with Gasteiger partial charge in [0, 0.05) is 20.2 Å². The van der Waals surface area contributed by atoms with E-state index in [1.54, 1.807) is 11.3 Å². The van der Waals surface area contributed by atoms with Gasteiger partial charge in [-0.3, -0.25) is 4.79 Å². The summed E-state index contributed by atoms with van der Waals surface area (Å²) in [6, 6.07) is 54.8. The number of fused-ring (bicyclic) bond motifs is 2. The third kappa shape index (κ3) is 4.03. The number of benzene rings is 10. The van der Waals surface area contributed by atoms with Gasteiger partial charge >= 0.3 is 0 Å². The molecule has 0 fully saturated rings. The molecule has 1 nitrogen and oxygen atoms in total. The lowest BCUT2D eigenvalue weighted by molar-refractivity contribution is 1.72. The summed E-state index contributed by atoms with van der Waals surface area (Å²) >= 11 is 1.67. The summed E-state index contributed by atoms with van der Waals surface area (Å²) in [6.45, 7) is 0. The second kappa shape index (κ2) is 10.3. The lowest BCUT2D eigenvalue weighted by Crippen LogP contribution is -1.99. The number of hydrogen-bond donors (Lipinski definition) is 0. The van der Waals surface area contributed by atoms with E-state index in [4.69, 9.17) is 0 Å². The van der Waals surface area contributed by atoms with E-state index in [0.29, 0.717) is 0 Å². The molecule has 11 rings (SSSR count). The summed E-state index contributed by atoms with van der Waals surface area (Å²) in [6.07, 6.45) is 0. The molecule has 1 aromatic heterocycles.